The van der Waals surface area contributed by atoms with Crippen LogP contribution in [0.1, 0.15) is 50.0 Å². The lowest BCUT2D eigenvalue weighted by Crippen LogP contribution is -2.48. The number of carbonyl (C=O) groups excluding carboxylic acids is 2. The second-order valence-corrected chi connectivity index (χ2v) is 10.4. The van der Waals surface area contributed by atoms with Gasteiger partial charge in [-0.3, -0.25) is 15.0 Å². The van der Waals surface area contributed by atoms with Crippen molar-refractivity contribution in [3.63, 3.8) is 0 Å². The van der Waals surface area contributed by atoms with Crippen LogP contribution in [-0.4, -0.2) is 66.0 Å². The van der Waals surface area contributed by atoms with Crippen molar-refractivity contribution in [3.05, 3.63) is 36.2 Å². The lowest BCUT2D eigenvalue weighted by molar-refractivity contribution is -0.141. The Labute approximate surface area is 209 Å². The highest BCUT2D eigenvalue weighted by Gasteiger charge is 2.41. The molecule has 2 aromatic rings. The van der Waals surface area contributed by atoms with E-state index in [0.29, 0.717) is 48.6 Å². The van der Waals surface area contributed by atoms with Gasteiger partial charge in [-0.25, -0.2) is 14.8 Å². The Hall–Kier alpha value is -3.24. The molecule has 10 heteroatoms. The first-order chi connectivity index (χ1) is 17.3. The molecule has 0 unspecified atom stereocenters. The summed E-state index contributed by atoms with van der Waals surface area (Å²) in [7, 11) is 0. The van der Waals surface area contributed by atoms with Crippen molar-refractivity contribution in [2.45, 2.75) is 57.5 Å². The Morgan fingerprint density at radius 1 is 1.22 bits per heavy atom. The lowest BCUT2D eigenvalue weighted by atomic mass is 10.1. The monoisotopic (exact) mass is 493 g/mol. The van der Waals surface area contributed by atoms with Gasteiger partial charge in [-0.1, -0.05) is 0 Å². The third-order valence-electron chi connectivity index (χ3n) is 7.10. The molecule has 1 saturated carbocycles. The van der Waals surface area contributed by atoms with Crippen LogP contribution in [0.4, 0.5) is 22.1 Å². The van der Waals surface area contributed by atoms with E-state index in [1.807, 2.05) is 19.9 Å². The van der Waals surface area contributed by atoms with Crippen molar-refractivity contribution in [1.82, 2.24) is 9.97 Å². The minimum absolute atomic E-state index is 0.0129. The zero-order valence-corrected chi connectivity index (χ0v) is 20.6. The average Bonchev–Trinajstić information content (AvgIpc) is 3.46. The predicted octanol–water partition coefficient (Wildman–Crippen LogP) is 3.62. The number of aromatic nitrogens is 2. The maximum absolute atomic E-state index is 13.5. The van der Waals surface area contributed by atoms with Crippen LogP contribution in [-0.2, 0) is 9.47 Å². The first kappa shape index (κ1) is 23.2. The fourth-order valence-electron chi connectivity index (χ4n) is 5.09. The molecule has 5 heterocycles. The van der Waals surface area contributed by atoms with Crippen molar-refractivity contribution < 1.29 is 23.8 Å². The van der Waals surface area contributed by atoms with Crippen LogP contribution in [0, 0.1) is 5.92 Å². The Bertz CT molecular complexity index is 1180. The molecule has 4 aliphatic rings. The fraction of sp³-hybridized carbons (Fsp3) is 0.538. The van der Waals surface area contributed by atoms with E-state index in [1.165, 1.54) is 0 Å². The number of carbonyl (C=O) groups is 2. The number of Topliss-reactive ketones (excluding diaryl/α,β-unsaturated/α-hetero) is 1. The maximum Gasteiger partial charge on any atom is 0.329 e. The van der Waals surface area contributed by atoms with Crippen LogP contribution in [0.3, 0.4) is 0 Å². The highest BCUT2D eigenvalue weighted by Crippen LogP contribution is 2.40. The zero-order valence-electron chi connectivity index (χ0n) is 20.6. The van der Waals surface area contributed by atoms with Crippen molar-refractivity contribution in [3.8, 4) is 5.75 Å². The van der Waals surface area contributed by atoms with Crippen LogP contribution < -0.4 is 19.9 Å². The summed E-state index contributed by atoms with van der Waals surface area (Å²) < 4.78 is 17.2. The van der Waals surface area contributed by atoms with Gasteiger partial charge in [-0.15, -0.1) is 0 Å². The maximum atomic E-state index is 13.5. The quantitative estimate of drug-likeness (QED) is 0.583. The topological polar surface area (TPSA) is 106 Å². The highest BCUT2D eigenvalue weighted by molar-refractivity contribution is 6.05. The summed E-state index contributed by atoms with van der Waals surface area (Å²) in [5, 5.41) is 2.90. The van der Waals surface area contributed by atoms with Gasteiger partial charge in [-0.05, 0) is 57.2 Å². The molecule has 1 N–H and O–H groups in total. The lowest BCUT2D eigenvalue weighted by Gasteiger charge is -2.35. The van der Waals surface area contributed by atoms with E-state index < -0.39 is 5.79 Å². The molecule has 2 aromatic heterocycles. The van der Waals surface area contributed by atoms with Crippen molar-refractivity contribution in [2.24, 2.45) is 5.92 Å². The molecule has 2 amide bonds. The predicted molar refractivity (Wildman–Crippen MR) is 133 cm³/mol. The van der Waals surface area contributed by atoms with Gasteiger partial charge in [-0.2, -0.15) is 0 Å². The number of nitrogens with one attached hydrogen (secondary N) is 1. The Balaban J connectivity index is 1.17. The number of anilines is 3. The van der Waals surface area contributed by atoms with E-state index in [2.05, 4.69) is 20.2 Å². The smallest absolute Gasteiger partial charge is 0.329 e. The van der Waals surface area contributed by atoms with Gasteiger partial charge in [0.15, 0.2) is 17.4 Å². The van der Waals surface area contributed by atoms with Gasteiger partial charge in [0.25, 0.3) is 0 Å². The summed E-state index contributed by atoms with van der Waals surface area (Å²) in [6.45, 7) is 6.14. The molecule has 10 nitrogen and oxygen atoms in total. The molecule has 36 heavy (non-hydrogen) atoms. The van der Waals surface area contributed by atoms with Crippen LogP contribution in [0.15, 0.2) is 30.5 Å². The molecule has 0 radical (unpaired) electrons. The molecule has 6 rings (SSSR count). The number of nitrogens with zero attached hydrogens (tertiary/aromatic N) is 4. The number of pyridine rings is 2. The molecule has 0 aromatic carbocycles. The summed E-state index contributed by atoms with van der Waals surface area (Å²) in [6, 6.07) is 6.81. The van der Waals surface area contributed by atoms with Gasteiger partial charge >= 0.3 is 6.03 Å². The second kappa shape index (κ2) is 9.01. The van der Waals surface area contributed by atoms with Gasteiger partial charge in [0.2, 0.25) is 0 Å². The summed E-state index contributed by atoms with van der Waals surface area (Å²) in [6.07, 6.45) is 5.01. The summed E-state index contributed by atoms with van der Waals surface area (Å²) in [4.78, 5) is 39.1. The number of urea groups is 1. The number of hydrogen-bond donors (Lipinski definition) is 1. The van der Waals surface area contributed by atoms with Gasteiger partial charge in [0, 0.05) is 31.8 Å². The number of fused-ring (bicyclic) bond motifs is 4. The van der Waals surface area contributed by atoms with E-state index in [4.69, 9.17) is 14.2 Å². The summed E-state index contributed by atoms with van der Waals surface area (Å²) in [5.41, 5.74) is 1.31. The third-order valence-corrected chi connectivity index (χ3v) is 7.10. The van der Waals surface area contributed by atoms with Crippen molar-refractivity contribution in [1.29, 1.82) is 0 Å². The first-order valence-corrected chi connectivity index (χ1v) is 12.6. The Morgan fingerprint density at radius 2 is 2.08 bits per heavy atom. The average molecular weight is 494 g/mol. The minimum Gasteiger partial charge on any atom is -0.491 e. The van der Waals surface area contributed by atoms with Crippen LogP contribution in [0.5, 0.6) is 5.75 Å². The molecule has 3 fully saturated rings. The van der Waals surface area contributed by atoms with Crippen LogP contribution >= 0.6 is 0 Å². The van der Waals surface area contributed by atoms with E-state index in [1.54, 1.807) is 29.3 Å². The SMILES string of the molecule is CC1(C)OC[C@H](COc2ccnc(NC(=O)N3c4nc(C(=O)CC5CC5)ccc4N4CC[C@H]3C4)c2)O1. The molecule has 3 aliphatic heterocycles. The zero-order chi connectivity index (χ0) is 24.9. The fourth-order valence-corrected chi connectivity index (χ4v) is 5.09. The van der Waals surface area contributed by atoms with Gasteiger partial charge in [0.1, 0.15) is 30.0 Å². The molecular formula is C26H31N5O5. The standard InChI is InChI=1S/C26H31N5O5/c1-26(2)35-15-19(36-26)14-34-18-7-9-27-23(12-18)29-25(33)31-17-8-10-30(13-17)21-6-5-20(28-24(21)31)22(32)11-16-3-4-16/h5-7,9,12,16-17,19H,3-4,8,10-11,13-15H2,1-2H3,(H,27,29,33)/t17-,19-/m0/s1. The third kappa shape index (κ3) is 4.75. The first-order valence-electron chi connectivity index (χ1n) is 12.6. The van der Waals surface area contributed by atoms with Crippen LogP contribution in [0.2, 0.25) is 0 Å². The van der Waals surface area contributed by atoms with Crippen molar-refractivity contribution in [2.75, 3.05) is 41.4 Å². The highest BCUT2D eigenvalue weighted by atomic mass is 16.7. The number of ketones is 1. The van der Waals surface area contributed by atoms with E-state index in [9.17, 15) is 9.59 Å². The van der Waals surface area contributed by atoms with Crippen molar-refractivity contribution >= 4 is 29.1 Å². The van der Waals surface area contributed by atoms with E-state index in [-0.39, 0.29) is 24.0 Å². The van der Waals surface area contributed by atoms with E-state index in [0.717, 1.165) is 38.0 Å². The Kier molecular flexibility index (Phi) is 5.80. The molecule has 2 saturated heterocycles. The normalized spacial score (nSPS) is 23.9. The molecule has 190 valence electrons. The molecule has 2 bridgehead atoms. The number of ether oxygens (including phenoxy) is 3. The number of amides is 2. The summed E-state index contributed by atoms with van der Waals surface area (Å²) >= 11 is 0. The number of hydrogen-bond acceptors (Lipinski definition) is 8. The van der Waals surface area contributed by atoms with Gasteiger partial charge < -0.3 is 19.1 Å². The molecular weight excluding hydrogens is 462 g/mol. The van der Waals surface area contributed by atoms with E-state index >= 15 is 0 Å². The number of rotatable bonds is 7. The molecule has 1 aliphatic carbocycles. The van der Waals surface area contributed by atoms with Crippen LogP contribution in [0.25, 0.3) is 0 Å². The van der Waals surface area contributed by atoms with Gasteiger partial charge in [0.05, 0.1) is 18.3 Å². The molecule has 2 atom stereocenters. The second-order valence-electron chi connectivity index (χ2n) is 10.4. The Morgan fingerprint density at radius 3 is 2.86 bits per heavy atom. The minimum atomic E-state index is -0.609. The summed E-state index contributed by atoms with van der Waals surface area (Å²) in [5.74, 6) is 1.41. The molecule has 0 spiro atoms. The largest absolute Gasteiger partial charge is 0.491 e.